The van der Waals surface area contributed by atoms with Crippen molar-refractivity contribution < 1.29 is 9.72 Å². The number of hydrogen-bond acceptors (Lipinski definition) is 5. The second-order valence-electron chi connectivity index (χ2n) is 4.00. The molecule has 0 saturated carbocycles. The Balaban J connectivity index is 2.83. The van der Waals surface area contributed by atoms with Crippen molar-refractivity contribution in [2.75, 3.05) is 18.9 Å². The smallest absolute Gasteiger partial charge is 0.288 e. The van der Waals surface area contributed by atoms with Crippen LogP contribution in [0.5, 0.6) is 0 Å². The van der Waals surface area contributed by atoms with Gasteiger partial charge in [0.25, 0.3) is 5.69 Å². The molecule has 0 spiro atoms. The molecule has 1 aromatic heterocycles. The van der Waals surface area contributed by atoms with Crippen molar-refractivity contribution in [2.45, 2.75) is 19.9 Å². The molecule has 7 nitrogen and oxygen atoms in total. The van der Waals surface area contributed by atoms with Gasteiger partial charge in [-0.25, -0.2) is 4.98 Å². The maximum Gasteiger partial charge on any atom is 0.288 e. The Labute approximate surface area is 119 Å². The SMILES string of the molecule is CCN(C)C(=O)C(C)Nc1ncc([N+](=O)[O-])cc1Br. The van der Waals surface area contributed by atoms with Crippen LogP contribution in [0, 0.1) is 10.1 Å². The monoisotopic (exact) mass is 330 g/mol. The zero-order valence-corrected chi connectivity index (χ0v) is 12.5. The third-order valence-corrected chi connectivity index (χ3v) is 3.22. The zero-order chi connectivity index (χ0) is 14.6. The number of hydrogen-bond donors (Lipinski definition) is 1. The van der Waals surface area contributed by atoms with Crippen LogP contribution >= 0.6 is 15.9 Å². The molecule has 104 valence electrons. The first-order valence-corrected chi connectivity index (χ1v) is 6.47. The van der Waals surface area contributed by atoms with Gasteiger partial charge in [0.2, 0.25) is 5.91 Å². The quantitative estimate of drug-likeness (QED) is 0.659. The van der Waals surface area contributed by atoms with Gasteiger partial charge in [-0.3, -0.25) is 14.9 Å². The molecule has 0 aliphatic carbocycles. The first-order valence-electron chi connectivity index (χ1n) is 5.68. The minimum Gasteiger partial charge on any atom is -0.358 e. The van der Waals surface area contributed by atoms with Crippen LogP contribution in [0.4, 0.5) is 11.5 Å². The summed E-state index contributed by atoms with van der Waals surface area (Å²) in [6.45, 7) is 4.20. The molecule has 0 fully saturated rings. The summed E-state index contributed by atoms with van der Waals surface area (Å²) >= 11 is 3.19. The maximum atomic E-state index is 11.9. The number of pyridine rings is 1. The van der Waals surface area contributed by atoms with Crippen LogP contribution < -0.4 is 5.32 Å². The lowest BCUT2D eigenvalue weighted by atomic mass is 10.3. The van der Waals surface area contributed by atoms with Gasteiger partial charge in [-0.15, -0.1) is 0 Å². The average Bonchev–Trinajstić information content (AvgIpc) is 2.38. The molecule has 1 atom stereocenters. The number of aromatic nitrogens is 1. The Morgan fingerprint density at radius 1 is 1.68 bits per heavy atom. The van der Waals surface area contributed by atoms with E-state index < -0.39 is 11.0 Å². The van der Waals surface area contributed by atoms with E-state index in [0.717, 1.165) is 6.20 Å². The molecule has 0 saturated heterocycles. The number of rotatable bonds is 5. The van der Waals surface area contributed by atoms with E-state index in [2.05, 4.69) is 26.2 Å². The predicted molar refractivity (Wildman–Crippen MR) is 75.0 cm³/mol. The first kappa shape index (κ1) is 15.4. The zero-order valence-electron chi connectivity index (χ0n) is 10.9. The largest absolute Gasteiger partial charge is 0.358 e. The molecular weight excluding hydrogens is 316 g/mol. The molecule has 1 aromatic rings. The molecule has 0 aliphatic rings. The van der Waals surface area contributed by atoms with Crippen LogP contribution in [-0.4, -0.2) is 40.3 Å². The topological polar surface area (TPSA) is 88.4 Å². The Bertz CT molecular complexity index is 495. The van der Waals surface area contributed by atoms with Crippen LogP contribution in [0.1, 0.15) is 13.8 Å². The molecule has 19 heavy (non-hydrogen) atoms. The summed E-state index contributed by atoms with van der Waals surface area (Å²) in [4.78, 5) is 27.5. The van der Waals surface area contributed by atoms with Crippen molar-refractivity contribution in [1.82, 2.24) is 9.88 Å². The molecule has 0 radical (unpaired) electrons. The highest BCUT2D eigenvalue weighted by molar-refractivity contribution is 9.10. The van der Waals surface area contributed by atoms with E-state index in [-0.39, 0.29) is 11.6 Å². The van der Waals surface area contributed by atoms with Gasteiger partial charge in [-0.2, -0.15) is 0 Å². The van der Waals surface area contributed by atoms with E-state index in [1.54, 1.807) is 18.9 Å². The number of carbonyl (C=O) groups is 1. The summed E-state index contributed by atoms with van der Waals surface area (Å²) in [6, 6.07) is 0.881. The molecule has 0 aliphatic heterocycles. The lowest BCUT2D eigenvalue weighted by molar-refractivity contribution is -0.385. The predicted octanol–water partition coefficient (Wildman–Crippen LogP) is 2.03. The van der Waals surface area contributed by atoms with Crippen molar-refractivity contribution >= 4 is 33.3 Å². The fourth-order valence-corrected chi connectivity index (χ4v) is 1.84. The van der Waals surface area contributed by atoms with Gasteiger partial charge in [0.05, 0.1) is 9.40 Å². The summed E-state index contributed by atoms with van der Waals surface area (Å²) in [7, 11) is 1.71. The number of anilines is 1. The minimum atomic E-state index is -0.527. The number of likely N-dealkylation sites (N-methyl/N-ethyl adjacent to an activating group) is 1. The minimum absolute atomic E-state index is 0.0745. The van der Waals surface area contributed by atoms with Gasteiger partial charge in [0, 0.05) is 19.7 Å². The number of carbonyl (C=O) groups excluding carboxylic acids is 1. The Morgan fingerprint density at radius 3 is 2.79 bits per heavy atom. The highest BCUT2D eigenvalue weighted by Gasteiger charge is 2.18. The number of amides is 1. The summed E-state index contributed by atoms with van der Waals surface area (Å²) in [6.07, 6.45) is 1.15. The van der Waals surface area contributed by atoms with E-state index in [0.29, 0.717) is 16.8 Å². The number of nitrogens with zero attached hydrogens (tertiary/aromatic N) is 3. The van der Waals surface area contributed by atoms with Crippen molar-refractivity contribution in [2.24, 2.45) is 0 Å². The molecule has 8 heteroatoms. The molecule has 1 heterocycles. The molecule has 1 rings (SSSR count). The highest BCUT2D eigenvalue weighted by atomic mass is 79.9. The van der Waals surface area contributed by atoms with Crippen molar-refractivity contribution in [3.63, 3.8) is 0 Å². The molecule has 0 bridgehead atoms. The van der Waals surface area contributed by atoms with Gasteiger partial charge >= 0.3 is 0 Å². The van der Waals surface area contributed by atoms with Gasteiger partial charge in [0.15, 0.2) is 0 Å². The van der Waals surface area contributed by atoms with Gasteiger partial charge in [0.1, 0.15) is 18.1 Å². The number of nitrogens with one attached hydrogen (secondary N) is 1. The van der Waals surface area contributed by atoms with Crippen LogP contribution in [-0.2, 0) is 4.79 Å². The van der Waals surface area contributed by atoms with Gasteiger partial charge < -0.3 is 10.2 Å². The summed E-state index contributed by atoms with van der Waals surface area (Å²) in [5.74, 6) is 0.325. The fourth-order valence-electron chi connectivity index (χ4n) is 1.39. The van der Waals surface area contributed by atoms with Crippen LogP contribution in [0.2, 0.25) is 0 Å². The Hall–Kier alpha value is -1.70. The lowest BCUT2D eigenvalue weighted by Crippen LogP contribution is -2.39. The summed E-state index contributed by atoms with van der Waals surface area (Å²) in [5, 5.41) is 13.5. The Kier molecular flexibility index (Phi) is 5.22. The third-order valence-electron chi connectivity index (χ3n) is 2.61. The second kappa shape index (κ2) is 6.46. The molecule has 1 amide bonds. The third kappa shape index (κ3) is 3.88. The molecule has 0 aromatic carbocycles. The van der Waals surface area contributed by atoms with E-state index in [1.807, 2.05) is 6.92 Å². The molecule has 1 N–H and O–H groups in total. The normalized spacial score (nSPS) is 11.8. The lowest BCUT2D eigenvalue weighted by Gasteiger charge is -2.21. The van der Waals surface area contributed by atoms with Crippen LogP contribution in [0.25, 0.3) is 0 Å². The number of halogens is 1. The standard InChI is InChI=1S/C11H15BrN4O3/c1-4-15(3)11(17)7(2)14-10-9(12)5-8(6-13-10)16(18)19/h5-7H,4H2,1-3H3,(H,13,14). The van der Waals surface area contributed by atoms with Crippen molar-refractivity contribution in [3.8, 4) is 0 Å². The van der Waals surface area contributed by atoms with Crippen molar-refractivity contribution in [3.05, 3.63) is 26.9 Å². The van der Waals surface area contributed by atoms with Gasteiger partial charge in [-0.05, 0) is 29.8 Å². The van der Waals surface area contributed by atoms with Crippen LogP contribution in [0.3, 0.4) is 0 Å². The fraction of sp³-hybridized carbons (Fsp3) is 0.455. The van der Waals surface area contributed by atoms with Crippen LogP contribution in [0.15, 0.2) is 16.7 Å². The summed E-state index contributed by atoms with van der Waals surface area (Å²) < 4.78 is 0.445. The van der Waals surface area contributed by atoms with E-state index in [9.17, 15) is 14.9 Å². The molecule has 1 unspecified atom stereocenters. The number of nitro groups is 1. The second-order valence-corrected chi connectivity index (χ2v) is 4.85. The highest BCUT2D eigenvalue weighted by Crippen LogP contribution is 2.24. The Morgan fingerprint density at radius 2 is 2.32 bits per heavy atom. The summed E-state index contributed by atoms with van der Waals surface area (Å²) in [5.41, 5.74) is -0.109. The molecular formula is C11H15BrN4O3. The van der Waals surface area contributed by atoms with E-state index in [4.69, 9.17) is 0 Å². The first-order chi connectivity index (χ1) is 8.86. The average molecular weight is 331 g/mol. The maximum absolute atomic E-state index is 11.9. The van der Waals surface area contributed by atoms with Gasteiger partial charge in [-0.1, -0.05) is 0 Å². The van der Waals surface area contributed by atoms with E-state index in [1.165, 1.54) is 6.07 Å². The van der Waals surface area contributed by atoms with Crippen molar-refractivity contribution in [1.29, 1.82) is 0 Å². The van der Waals surface area contributed by atoms with E-state index >= 15 is 0 Å².